The molecular formula is C5H6F2O4. The summed E-state index contributed by atoms with van der Waals surface area (Å²) in [5.41, 5.74) is 0. The standard InChI is InChI=1S/C5H6F2O4/c6-5(7,4(10)11)2-1-3(8)9/h1-2H2,(H,8,9)(H,10,11). The second kappa shape index (κ2) is 3.27. The van der Waals surface area contributed by atoms with Gasteiger partial charge in [-0.25, -0.2) is 4.79 Å². The molecule has 0 spiro atoms. The molecule has 0 radical (unpaired) electrons. The van der Waals surface area contributed by atoms with Gasteiger partial charge >= 0.3 is 17.9 Å². The lowest BCUT2D eigenvalue weighted by atomic mass is 10.2. The molecule has 0 unspecified atom stereocenters. The molecule has 4 nitrogen and oxygen atoms in total. The average Bonchev–Trinajstić information content (AvgIpc) is 1.84. The molecule has 0 saturated carbocycles. The van der Waals surface area contributed by atoms with Crippen molar-refractivity contribution in [2.45, 2.75) is 18.8 Å². The molecule has 0 rings (SSSR count). The van der Waals surface area contributed by atoms with Gasteiger partial charge in [0.05, 0.1) is 6.42 Å². The van der Waals surface area contributed by atoms with Crippen molar-refractivity contribution < 1.29 is 28.6 Å². The van der Waals surface area contributed by atoms with Crippen LogP contribution in [-0.2, 0) is 9.59 Å². The third kappa shape index (κ3) is 3.49. The molecule has 2 N–H and O–H groups in total. The molecule has 0 bridgehead atoms. The van der Waals surface area contributed by atoms with Crippen LogP contribution >= 0.6 is 0 Å². The summed E-state index contributed by atoms with van der Waals surface area (Å²) >= 11 is 0. The number of aliphatic carboxylic acids is 2. The summed E-state index contributed by atoms with van der Waals surface area (Å²) in [6.07, 6.45) is -2.02. The van der Waals surface area contributed by atoms with E-state index in [2.05, 4.69) is 0 Å². The number of rotatable bonds is 4. The monoisotopic (exact) mass is 168 g/mol. The number of hydrogen-bond acceptors (Lipinski definition) is 2. The summed E-state index contributed by atoms with van der Waals surface area (Å²) in [7, 11) is 0. The van der Waals surface area contributed by atoms with E-state index in [1.807, 2.05) is 0 Å². The number of alkyl halides is 2. The smallest absolute Gasteiger partial charge is 0.374 e. The second-order valence-electron chi connectivity index (χ2n) is 1.90. The van der Waals surface area contributed by atoms with Gasteiger partial charge in [-0.1, -0.05) is 0 Å². The Morgan fingerprint density at radius 1 is 1.27 bits per heavy atom. The van der Waals surface area contributed by atoms with E-state index in [0.29, 0.717) is 0 Å². The normalized spacial score (nSPS) is 11.1. The van der Waals surface area contributed by atoms with E-state index in [1.165, 1.54) is 0 Å². The lowest BCUT2D eigenvalue weighted by Gasteiger charge is -2.07. The van der Waals surface area contributed by atoms with Crippen molar-refractivity contribution in [1.29, 1.82) is 0 Å². The van der Waals surface area contributed by atoms with E-state index in [0.717, 1.165) is 0 Å². The van der Waals surface area contributed by atoms with Gasteiger partial charge in [0.2, 0.25) is 0 Å². The molecule has 0 heterocycles. The van der Waals surface area contributed by atoms with Crippen molar-refractivity contribution in [2.75, 3.05) is 0 Å². The summed E-state index contributed by atoms with van der Waals surface area (Å²) in [6, 6.07) is 0. The van der Waals surface area contributed by atoms with Crippen molar-refractivity contribution in [1.82, 2.24) is 0 Å². The highest BCUT2D eigenvalue weighted by atomic mass is 19.3. The van der Waals surface area contributed by atoms with Crippen LogP contribution in [0.2, 0.25) is 0 Å². The maximum Gasteiger partial charge on any atom is 0.374 e. The van der Waals surface area contributed by atoms with E-state index in [1.54, 1.807) is 0 Å². The minimum Gasteiger partial charge on any atom is -0.481 e. The summed E-state index contributed by atoms with van der Waals surface area (Å²) in [5, 5.41) is 15.7. The number of carbonyl (C=O) groups is 2. The highest BCUT2D eigenvalue weighted by Crippen LogP contribution is 2.19. The van der Waals surface area contributed by atoms with Gasteiger partial charge in [-0.2, -0.15) is 8.78 Å². The third-order valence-electron chi connectivity index (χ3n) is 0.966. The van der Waals surface area contributed by atoms with Crippen LogP contribution in [0, 0.1) is 0 Å². The maximum absolute atomic E-state index is 12.0. The molecular weight excluding hydrogens is 162 g/mol. The first-order valence-electron chi connectivity index (χ1n) is 2.69. The van der Waals surface area contributed by atoms with Crippen LogP contribution in [-0.4, -0.2) is 28.1 Å². The fraction of sp³-hybridized carbons (Fsp3) is 0.600. The van der Waals surface area contributed by atoms with E-state index >= 15 is 0 Å². The predicted octanol–water partition coefficient (Wildman–Crippen LogP) is 0.571. The van der Waals surface area contributed by atoms with Crippen molar-refractivity contribution >= 4 is 11.9 Å². The fourth-order valence-corrected chi connectivity index (χ4v) is 0.371. The molecule has 0 aliphatic heterocycles. The molecule has 11 heavy (non-hydrogen) atoms. The minimum atomic E-state index is -3.93. The SMILES string of the molecule is O=C(O)CCC(F)(F)C(=O)O. The van der Waals surface area contributed by atoms with Crippen molar-refractivity contribution in [3.05, 3.63) is 0 Å². The first-order chi connectivity index (χ1) is 4.86. The molecule has 0 amide bonds. The Morgan fingerprint density at radius 2 is 1.73 bits per heavy atom. The quantitative estimate of drug-likeness (QED) is 0.643. The molecule has 0 atom stereocenters. The van der Waals surface area contributed by atoms with Gasteiger partial charge in [-0.15, -0.1) is 0 Å². The van der Waals surface area contributed by atoms with Crippen molar-refractivity contribution in [2.24, 2.45) is 0 Å². The Hall–Kier alpha value is -1.20. The Labute approximate surface area is 60.4 Å². The summed E-state index contributed by atoms with van der Waals surface area (Å²) in [5.74, 6) is -7.66. The summed E-state index contributed by atoms with van der Waals surface area (Å²) in [4.78, 5) is 19.4. The topological polar surface area (TPSA) is 74.6 Å². The fourth-order valence-electron chi connectivity index (χ4n) is 0.371. The molecule has 64 valence electrons. The molecule has 0 aromatic heterocycles. The Kier molecular flexibility index (Phi) is 2.91. The number of halogens is 2. The zero-order chi connectivity index (χ0) is 9.07. The van der Waals surface area contributed by atoms with E-state index in [9.17, 15) is 18.4 Å². The zero-order valence-electron chi connectivity index (χ0n) is 5.38. The van der Waals surface area contributed by atoms with Gasteiger partial charge in [0.15, 0.2) is 0 Å². The van der Waals surface area contributed by atoms with Crippen LogP contribution in [0.5, 0.6) is 0 Å². The summed E-state index contributed by atoms with van der Waals surface area (Å²) < 4.78 is 24.1. The van der Waals surface area contributed by atoms with Crippen LogP contribution in [0.3, 0.4) is 0 Å². The van der Waals surface area contributed by atoms with Crippen molar-refractivity contribution in [3.63, 3.8) is 0 Å². The summed E-state index contributed by atoms with van der Waals surface area (Å²) in [6.45, 7) is 0. The minimum absolute atomic E-state index is 0.848. The zero-order valence-corrected chi connectivity index (χ0v) is 5.38. The molecule has 0 aliphatic carbocycles. The Bertz CT molecular complexity index is 177. The highest BCUT2D eigenvalue weighted by molar-refractivity contribution is 5.76. The van der Waals surface area contributed by atoms with Crippen LogP contribution in [0.4, 0.5) is 8.78 Å². The van der Waals surface area contributed by atoms with Gasteiger partial charge in [0, 0.05) is 6.42 Å². The van der Waals surface area contributed by atoms with Gasteiger partial charge in [0.1, 0.15) is 0 Å². The molecule has 0 saturated heterocycles. The molecule has 0 aromatic carbocycles. The third-order valence-corrected chi connectivity index (χ3v) is 0.966. The van der Waals surface area contributed by atoms with Gasteiger partial charge in [-0.05, 0) is 0 Å². The van der Waals surface area contributed by atoms with Crippen molar-refractivity contribution in [3.8, 4) is 0 Å². The van der Waals surface area contributed by atoms with Gasteiger partial charge in [0.25, 0.3) is 0 Å². The Morgan fingerprint density at radius 3 is 2.00 bits per heavy atom. The van der Waals surface area contributed by atoms with Crippen LogP contribution < -0.4 is 0 Å². The molecule has 0 fully saturated rings. The first kappa shape index (κ1) is 9.80. The lowest BCUT2D eigenvalue weighted by molar-refractivity contribution is -0.166. The Balaban J connectivity index is 3.92. The van der Waals surface area contributed by atoms with E-state index < -0.39 is 30.7 Å². The molecule has 0 aromatic rings. The number of hydrogen-bond donors (Lipinski definition) is 2. The largest absolute Gasteiger partial charge is 0.481 e. The molecule has 6 heteroatoms. The predicted molar refractivity (Wildman–Crippen MR) is 29.5 cm³/mol. The van der Waals surface area contributed by atoms with Gasteiger partial charge in [-0.3, -0.25) is 4.79 Å². The lowest BCUT2D eigenvalue weighted by Crippen LogP contribution is -2.28. The second-order valence-corrected chi connectivity index (χ2v) is 1.90. The van der Waals surface area contributed by atoms with E-state index in [-0.39, 0.29) is 0 Å². The maximum atomic E-state index is 12.0. The van der Waals surface area contributed by atoms with Crippen LogP contribution in [0.15, 0.2) is 0 Å². The number of carboxylic acids is 2. The van der Waals surface area contributed by atoms with E-state index in [4.69, 9.17) is 10.2 Å². The molecule has 0 aliphatic rings. The highest BCUT2D eigenvalue weighted by Gasteiger charge is 2.38. The van der Waals surface area contributed by atoms with Crippen LogP contribution in [0.25, 0.3) is 0 Å². The number of carboxylic acid groups (broad SMARTS) is 2. The van der Waals surface area contributed by atoms with Crippen LogP contribution in [0.1, 0.15) is 12.8 Å². The first-order valence-corrected chi connectivity index (χ1v) is 2.69. The average molecular weight is 168 g/mol. The van der Waals surface area contributed by atoms with Gasteiger partial charge < -0.3 is 10.2 Å².